The van der Waals surface area contributed by atoms with E-state index in [4.69, 9.17) is 23.2 Å². The van der Waals surface area contributed by atoms with Crippen LogP contribution < -0.4 is 0 Å². The van der Waals surface area contributed by atoms with Gasteiger partial charge in [0.1, 0.15) is 11.6 Å². The van der Waals surface area contributed by atoms with Crippen molar-refractivity contribution in [2.75, 3.05) is 0 Å². The van der Waals surface area contributed by atoms with Crippen molar-refractivity contribution in [1.29, 1.82) is 0 Å². The van der Waals surface area contributed by atoms with Gasteiger partial charge in [-0.1, -0.05) is 11.6 Å². The summed E-state index contributed by atoms with van der Waals surface area (Å²) in [5.74, 6) is 0.140. The van der Waals surface area contributed by atoms with Gasteiger partial charge in [-0.3, -0.25) is 4.57 Å². The second-order valence-electron chi connectivity index (χ2n) is 3.07. The first-order chi connectivity index (χ1) is 7.50. The molecule has 16 heavy (non-hydrogen) atoms. The summed E-state index contributed by atoms with van der Waals surface area (Å²) in [6.07, 6.45) is 0. The van der Waals surface area contributed by atoms with Crippen LogP contribution in [0.1, 0.15) is 5.82 Å². The zero-order valence-electron chi connectivity index (χ0n) is 8.01. The Labute approximate surface area is 109 Å². The van der Waals surface area contributed by atoms with Crippen LogP contribution in [0.5, 0.6) is 0 Å². The fraction of sp³-hybridized carbons (Fsp3) is 0.111. The number of aryl methyl sites for hydroxylation is 1. The van der Waals surface area contributed by atoms with Gasteiger partial charge in [-0.25, -0.2) is 4.39 Å². The Morgan fingerprint density at radius 1 is 1.31 bits per heavy atom. The molecule has 1 aromatic carbocycles. The summed E-state index contributed by atoms with van der Waals surface area (Å²) in [4.78, 5) is 0. The average Bonchev–Trinajstić information content (AvgIpc) is 2.47. The van der Waals surface area contributed by atoms with E-state index in [2.05, 4.69) is 26.1 Å². The number of benzene rings is 1. The van der Waals surface area contributed by atoms with E-state index < -0.39 is 5.82 Å². The SMILES string of the molecule is Cc1nnc(Cl)n1-c1c(Cl)cc(F)cc1Br. The zero-order valence-corrected chi connectivity index (χ0v) is 11.1. The lowest BCUT2D eigenvalue weighted by Gasteiger charge is -2.10. The topological polar surface area (TPSA) is 30.7 Å². The summed E-state index contributed by atoms with van der Waals surface area (Å²) >= 11 is 15.1. The van der Waals surface area contributed by atoms with Crippen LogP contribution in [0.2, 0.25) is 10.3 Å². The van der Waals surface area contributed by atoms with Crippen molar-refractivity contribution in [1.82, 2.24) is 14.8 Å². The molecule has 0 bridgehead atoms. The minimum absolute atomic E-state index is 0.173. The minimum Gasteiger partial charge on any atom is -0.267 e. The van der Waals surface area contributed by atoms with Gasteiger partial charge in [0.2, 0.25) is 5.28 Å². The summed E-state index contributed by atoms with van der Waals surface area (Å²) in [5.41, 5.74) is 0.524. The molecule has 0 atom stereocenters. The number of hydrogen-bond donors (Lipinski definition) is 0. The van der Waals surface area contributed by atoms with Crippen LogP contribution in [0.3, 0.4) is 0 Å². The van der Waals surface area contributed by atoms with Gasteiger partial charge < -0.3 is 0 Å². The smallest absolute Gasteiger partial charge is 0.229 e. The second kappa shape index (κ2) is 4.31. The van der Waals surface area contributed by atoms with E-state index in [0.717, 1.165) is 0 Å². The molecule has 0 saturated carbocycles. The number of nitrogens with zero attached hydrogens (tertiary/aromatic N) is 3. The molecule has 3 nitrogen and oxygen atoms in total. The van der Waals surface area contributed by atoms with Crippen LogP contribution in [-0.4, -0.2) is 14.8 Å². The third kappa shape index (κ3) is 1.95. The van der Waals surface area contributed by atoms with Crippen molar-refractivity contribution in [3.05, 3.63) is 38.6 Å². The van der Waals surface area contributed by atoms with E-state index in [1.807, 2.05) is 0 Å². The molecular formula is C9H5BrCl2FN3. The van der Waals surface area contributed by atoms with Gasteiger partial charge >= 0.3 is 0 Å². The maximum atomic E-state index is 13.1. The summed E-state index contributed by atoms with van der Waals surface area (Å²) in [6.45, 7) is 1.73. The molecule has 1 aromatic heterocycles. The molecule has 2 aromatic rings. The van der Waals surface area contributed by atoms with Gasteiger partial charge in [-0.15, -0.1) is 10.2 Å². The van der Waals surface area contributed by atoms with Crippen molar-refractivity contribution < 1.29 is 4.39 Å². The zero-order chi connectivity index (χ0) is 11.9. The van der Waals surface area contributed by atoms with Gasteiger partial charge in [0.05, 0.1) is 10.7 Å². The molecule has 0 N–H and O–H groups in total. The standard InChI is InChI=1S/C9H5BrCl2FN3/c1-4-14-15-9(12)16(4)8-6(10)2-5(13)3-7(8)11/h2-3H,1H3. The first-order valence-electron chi connectivity index (χ1n) is 4.23. The van der Waals surface area contributed by atoms with E-state index >= 15 is 0 Å². The normalized spacial score (nSPS) is 10.8. The van der Waals surface area contributed by atoms with E-state index in [-0.39, 0.29) is 10.3 Å². The number of halogens is 4. The largest absolute Gasteiger partial charge is 0.267 e. The quantitative estimate of drug-likeness (QED) is 0.799. The van der Waals surface area contributed by atoms with Crippen LogP contribution in [0.25, 0.3) is 5.69 Å². The second-order valence-corrected chi connectivity index (χ2v) is 4.67. The Kier molecular flexibility index (Phi) is 3.19. The molecule has 0 amide bonds. The molecule has 0 unspecified atom stereocenters. The maximum absolute atomic E-state index is 13.1. The highest BCUT2D eigenvalue weighted by Crippen LogP contribution is 2.32. The van der Waals surface area contributed by atoms with Gasteiger partial charge in [0.25, 0.3) is 0 Å². The Morgan fingerprint density at radius 3 is 2.50 bits per heavy atom. The number of rotatable bonds is 1. The van der Waals surface area contributed by atoms with Crippen molar-refractivity contribution in [2.24, 2.45) is 0 Å². The average molecular weight is 325 g/mol. The minimum atomic E-state index is -0.428. The first-order valence-corrected chi connectivity index (χ1v) is 5.78. The fourth-order valence-corrected chi connectivity index (χ4v) is 2.60. The lowest BCUT2D eigenvalue weighted by molar-refractivity contribution is 0.626. The summed E-state index contributed by atoms with van der Waals surface area (Å²) in [7, 11) is 0. The predicted octanol–water partition coefficient (Wildman–Crippen LogP) is 3.78. The van der Waals surface area contributed by atoms with E-state index in [9.17, 15) is 4.39 Å². The molecule has 0 aliphatic heterocycles. The maximum Gasteiger partial charge on any atom is 0.229 e. The Balaban J connectivity index is 2.74. The molecule has 0 saturated heterocycles. The molecule has 2 rings (SSSR count). The van der Waals surface area contributed by atoms with Crippen LogP contribution in [0.15, 0.2) is 16.6 Å². The van der Waals surface area contributed by atoms with Gasteiger partial charge in [0, 0.05) is 4.47 Å². The monoisotopic (exact) mass is 323 g/mol. The highest BCUT2D eigenvalue weighted by molar-refractivity contribution is 9.10. The van der Waals surface area contributed by atoms with Crippen LogP contribution in [-0.2, 0) is 0 Å². The van der Waals surface area contributed by atoms with Crippen molar-refractivity contribution in [2.45, 2.75) is 6.92 Å². The lowest BCUT2D eigenvalue weighted by Crippen LogP contribution is -2.00. The van der Waals surface area contributed by atoms with Gasteiger partial charge in [-0.05, 0) is 46.6 Å². The highest BCUT2D eigenvalue weighted by Gasteiger charge is 2.16. The van der Waals surface area contributed by atoms with E-state index in [0.29, 0.717) is 16.0 Å². The van der Waals surface area contributed by atoms with Crippen molar-refractivity contribution in [3.8, 4) is 5.69 Å². The Hall–Kier alpha value is -0.650. The number of hydrogen-bond acceptors (Lipinski definition) is 2. The van der Waals surface area contributed by atoms with Crippen molar-refractivity contribution in [3.63, 3.8) is 0 Å². The van der Waals surface area contributed by atoms with Crippen LogP contribution >= 0.6 is 39.1 Å². The molecule has 7 heteroatoms. The third-order valence-corrected chi connectivity index (χ3v) is 3.13. The summed E-state index contributed by atoms with van der Waals surface area (Å²) < 4.78 is 15.1. The first kappa shape index (κ1) is 11.8. The summed E-state index contributed by atoms with van der Waals surface area (Å²) in [5, 5.41) is 7.91. The van der Waals surface area contributed by atoms with E-state index in [1.54, 1.807) is 6.92 Å². The van der Waals surface area contributed by atoms with Gasteiger partial charge in [-0.2, -0.15) is 0 Å². The molecule has 1 heterocycles. The van der Waals surface area contributed by atoms with Crippen LogP contribution in [0, 0.1) is 12.7 Å². The molecule has 0 spiro atoms. The molecule has 84 valence electrons. The third-order valence-electron chi connectivity index (χ3n) is 1.99. The van der Waals surface area contributed by atoms with Crippen LogP contribution in [0.4, 0.5) is 4.39 Å². The molecular weight excluding hydrogens is 320 g/mol. The number of aromatic nitrogens is 3. The summed E-state index contributed by atoms with van der Waals surface area (Å²) in [6, 6.07) is 2.51. The van der Waals surface area contributed by atoms with E-state index in [1.165, 1.54) is 16.7 Å². The molecule has 0 fully saturated rings. The Bertz CT molecular complexity index is 513. The lowest BCUT2D eigenvalue weighted by atomic mass is 10.3. The van der Waals surface area contributed by atoms with Crippen molar-refractivity contribution >= 4 is 39.1 Å². The van der Waals surface area contributed by atoms with Gasteiger partial charge in [0.15, 0.2) is 0 Å². The fourth-order valence-electron chi connectivity index (χ4n) is 1.34. The molecule has 0 radical (unpaired) electrons. The molecule has 0 aliphatic carbocycles. The highest BCUT2D eigenvalue weighted by atomic mass is 79.9. The molecule has 0 aliphatic rings. The predicted molar refractivity (Wildman–Crippen MR) is 63.8 cm³/mol. The Morgan fingerprint density at radius 2 is 2.00 bits per heavy atom.